The van der Waals surface area contributed by atoms with Gasteiger partial charge in [0.1, 0.15) is 0 Å². The number of rotatable bonds is 2. The highest BCUT2D eigenvalue weighted by Gasteiger charge is 2.67. The third kappa shape index (κ3) is 1.30. The fourth-order valence-electron chi connectivity index (χ4n) is 4.39. The van der Waals surface area contributed by atoms with E-state index >= 15 is 0 Å². The van der Waals surface area contributed by atoms with Gasteiger partial charge in [-0.15, -0.1) is 11.8 Å². The monoisotopic (exact) mass is 246 g/mol. The number of piperidine rings is 1. The second-order valence-electron chi connectivity index (χ2n) is 5.82. The minimum absolute atomic E-state index is 0.723. The van der Waals surface area contributed by atoms with Crippen LogP contribution in [0.5, 0.6) is 0 Å². The van der Waals surface area contributed by atoms with Crippen LogP contribution < -0.4 is 0 Å². The number of hydrogen-bond acceptors (Lipinski definition) is 3. The Labute approximate surface area is 107 Å². The van der Waals surface area contributed by atoms with Crippen LogP contribution in [0.1, 0.15) is 25.7 Å². The Balaban J connectivity index is 1.49. The van der Waals surface area contributed by atoms with E-state index in [1.54, 1.807) is 0 Å². The highest BCUT2D eigenvalue weighted by molar-refractivity contribution is 7.99. The Hall–Kier alpha value is -0.540. The molecule has 0 bridgehead atoms. The summed E-state index contributed by atoms with van der Waals surface area (Å²) in [6.45, 7) is 0. The van der Waals surface area contributed by atoms with Gasteiger partial charge in [0.25, 0.3) is 0 Å². The molecule has 4 unspecified atom stereocenters. The number of aromatic nitrogens is 1. The lowest BCUT2D eigenvalue weighted by molar-refractivity contribution is -0.174. The molecule has 0 aromatic carbocycles. The maximum absolute atomic E-state index is 4.44. The van der Waals surface area contributed by atoms with Gasteiger partial charge in [0.15, 0.2) is 0 Å². The molecule has 2 nitrogen and oxygen atoms in total. The quantitative estimate of drug-likeness (QED) is 0.798. The van der Waals surface area contributed by atoms with E-state index < -0.39 is 0 Å². The summed E-state index contributed by atoms with van der Waals surface area (Å²) < 4.78 is 0. The van der Waals surface area contributed by atoms with E-state index in [4.69, 9.17) is 0 Å². The summed E-state index contributed by atoms with van der Waals surface area (Å²) in [6.07, 6.45) is 7.62. The molecule has 1 aromatic rings. The van der Waals surface area contributed by atoms with Gasteiger partial charge < -0.3 is 0 Å². The Bertz CT molecular complexity index is 435. The SMILES string of the molecule is CN1C2CCC23CC(Sc2ccccn2)CC13. The van der Waals surface area contributed by atoms with Crippen LogP contribution in [-0.4, -0.2) is 34.3 Å². The van der Waals surface area contributed by atoms with Crippen LogP contribution in [0.25, 0.3) is 0 Å². The molecule has 2 heterocycles. The molecule has 90 valence electrons. The van der Waals surface area contributed by atoms with Crippen LogP contribution in [0.15, 0.2) is 29.4 Å². The molecular formula is C14H18N2S. The fourth-order valence-corrected chi connectivity index (χ4v) is 5.68. The highest BCUT2D eigenvalue weighted by atomic mass is 32.2. The largest absolute Gasteiger partial charge is 0.299 e. The van der Waals surface area contributed by atoms with Crippen molar-refractivity contribution in [3.8, 4) is 0 Å². The molecule has 1 saturated heterocycles. The first kappa shape index (κ1) is 10.4. The third-order valence-corrected chi connectivity index (χ3v) is 6.39. The molecule has 3 heteroatoms. The van der Waals surface area contributed by atoms with Crippen molar-refractivity contribution in [1.82, 2.24) is 9.88 Å². The Morgan fingerprint density at radius 1 is 1.41 bits per heavy atom. The average Bonchev–Trinajstić information content (AvgIpc) is 2.69. The first-order chi connectivity index (χ1) is 8.29. The summed E-state index contributed by atoms with van der Waals surface area (Å²) in [5.74, 6) is 0. The van der Waals surface area contributed by atoms with Crippen LogP contribution >= 0.6 is 11.8 Å². The van der Waals surface area contributed by atoms with Crippen molar-refractivity contribution in [2.45, 2.75) is 48.0 Å². The molecule has 2 saturated carbocycles. The van der Waals surface area contributed by atoms with Crippen LogP contribution in [0.4, 0.5) is 0 Å². The lowest BCUT2D eigenvalue weighted by atomic mass is 9.54. The van der Waals surface area contributed by atoms with Gasteiger partial charge in [-0.1, -0.05) is 6.07 Å². The number of likely N-dealkylation sites (tertiary alicyclic amines) is 1. The molecule has 1 aromatic heterocycles. The van der Waals surface area contributed by atoms with Gasteiger partial charge in [-0.05, 0) is 44.9 Å². The zero-order chi connectivity index (χ0) is 11.5. The average molecular weight is 246 g/mol. The Kier molecular flexibility index (Phi) is 2.13. The van der Waals surface area contributed by atoms with Gasteiger partial charge >= 0.3 is 0 Å². The van der Waals surface area contributed by atoms with E-state index in [9.17, 15) is 0 Å². The zero-order valence-corrected chi connectivity index (χ0v) is 11.0. The zero-order valence-electron chi connectivity index (χ0n) is 10.2. The predicted molar refractivity (Wildman–Crippen MR) is 70.1 cm³/mol. The Morgan fingerprint density at radius 3 is 3.00 bits per heavy atom. The third-order valence-electron chi connectivity index (χ3n) is 5.21. The molecule has 1 aliphatic heterocycles. The van der Waals surface area contributed by atoms with E-state index in [-0.39, 0.29) is 0 Å². The maximum Gasteiger partial charge on any atom is 0.0962 e. The van der Waals surface area contributed by atoms with Crippen LogP contribution in [0.2, 0.25) is 0 Å². The molecule has 17 heavy (non-hydrogen) atoms. The molecule has 2 aliphatic carbocycles. The number of hydrogen-bond donors (Lipinski definition) is 0. The van der Waals surface area contributed by atoms with Gasteiger partial charge in [0.05, 0.1) is 5.03 Å². The number of nitrogens with zero attached hydrogens (tertiary/aromatic N) is 2. The standard InChI is InChI=1S/C14H18N2S/c1-16-11-5-6-14(11)9-10(8-12(14)16)17-13-4-2-3-7-15-13/h2-4,7,10-12H,5-6,8-9H2,1H3. The van der Waals surface area contributed by atoms with E-state index in [0.29, 0.717) is 0 Å². The van der Waals surface area contributed by atoms with Crippen LogP contribution in [0, 0.1) is 5.41 Å². The second-order valence-corrected chi connectivity index (χ2v) is 7.14. The first-order valence-electron chi connectivity index (χ1n) is 6.59. The normalized spacial score (nSPS) is 43.5. The van der Waals surface area contributed by atoms with Crippen molar-refractivity contribution in [1.29, 1.82) is 0 Å². The van der Waals surface area contributed by atoms with Crippen molar-refractivity contribution in [2.24, 2.45) is 5.41 Å². The van der Waals surface area contributed by atoms with Gasteiger partial charge in [-0.3, -0.25) is 4.90 Å². The molecule has 3 aliphatic rings. The lowest BCUT2D eigenvalue weighted by Crippen LogP contribution is -2.73. The van der Waals surface area contributed by atoms with Crippen molar-refractivity contribution in [3.05, 3.63) is 24.4 Å². The molecule has 4 rings (SSSR count). The Morgan fingerprint density at radius 2 is 2.35 bits per heavy atom. The van der Waals surface area contributed by atoms with Crippen molar-refractivity contribution >= 4 is 11.8 Å². The summed E-state index contributed by atoms with van der Waals surface area (Å²) in [5.41, 5.74) is 0.723. The van der Waals surface area contributed by atoms with E-state index in [1.807, 2.05) is 24.0 Å². The summed E-state index contributed by atoms with van der Waals surface area (Å²) >= 11 is 2.00. The second kappa shape index (κ2) is 3.48. The summed E-state index contributed by atoms with van der Waals surface area (Å²) in [6, 6.07) is 8.03. The van der Waals surface area contributed by atoms with Crippen molar-refractivity contribution in [2.75, 3.05) is 7.05 Å². The van der Waals surface area contributed by atoms with Crippen molar-refractivity contribution < 1.29 is 0 Å². The molecule has 0 amide bonds. The molecule has 3 fully saturated rings. The molecule has 0 radical (unpaired) electrons. The van der Waals surface area contributed by atoms with Gasteiger partial charge in [-0.2, -0.15) is 0 Å². The van der Waals surface area contributed by atoms with Crippen LogP contribution in [-0.2, 0) is 0 Å². The summed E-state index contributed by atoms with van der Waals surface area (Å²) in [4.78, 5) is 7.07. The van der Waals surface area contributed by atoms with E-state index in [1.165, 1.54) is 30.7 Å². The summed E-state index contributed by atoms with van der Waals surface area (Å²) in [5, 5.41) is 2.00. The van der Waals surface area contributed by atoms with Crippen molar-refractivity contribution in [3.63, 3.8) is 0 Å². The smallest absolute Gasteiger partial charge is 0.0962 e. The topological polar surface area (TPSA) is 16.1 Å². The van der Waals surface area contributed by atoms with E-state index in [2.05, 4.69) is 29.1 Å². The highest BCUT2D eigenvalue weighted by Crippen LogP contribution is 2.66. The van der Waals surface area contributed by atoms with E-state index in [0.717, 1.165) is 22.7 Å². The van der Waals surface area contributed by atoms with Crippen LogP contribution in [0.3, 0.4) is 0 Å². The fraction of sp³-hybridized carbons (Fsp3) is 0.643. The van der Waals surface area contributed by atoms with Gasteiger partial charge in [0.2, 0.25) is 0 Å². The number of pyridine rings is 1. The van der Waals surface area contributed by atoms with Gasteiger partial charge in [0, 0.05) is 28.9 Å². The molecule has 0 N–H and O–H groups in total. The predicted octanol–water partition coefficient (Wildman–Crippen LogP) is 2.80. The maximum atomic E-state index is 4.44. The first-order valence-corrected chi connectivity index (χ1v) is 7.47. The molecule has 1 spiro atoms. The minimum Gasteiger partial charge on any atom is -0.299 e. The lowest BCUT2D eigenvalue weighted by Gasteiger charge is -2.67. The minimum atomic E-state index is 0.723. The molecular weight excluding hydrogens is 228 g/mol. The van der Waals surface area contributed by atoms with Gasteiger partial charge in [-0.25, -0.2) is 4.98 Å². The molecule has 4 atom stereocenters. The summed E-state index contributed by atoms with van der Waals surface area (Å²) in [7, 11) is 2.32. The number of thioether (sulfide) groups is 1.